The van der Waals surface area contributed by atoms with Gasteiger partial charge in [-0.05, 0) is 18.2 Å². The summed E-state index contributed by atoms with van der Waals surface area (Å²) in [6.07, 6.45) is 1.88. The van der Waals surface area contributed by atoms with Crippen LogP contribution < -0.4 is 16.0 Å². The van der Waals surface area contributed by atoms with Gasteiger partial charge < -0.3 is 16.0 Å². The summed E-state index contributed by atoms with van der Waals surface area (Å²) in [5, 5.41) is 3.24. The van der Waals surface area contributed by atoms with Crippen LogP contribution in [-0.2, 0) is 4.79 Å². The van der Waals surface area contributed by atoms with Crippen LogP contribution in [-0.4, -0.2) is 31.5 Å². The molecule has 1 aromatic carbocycles. The SMILES string of the molecule is CNC(=O)CCN(C)c1c(F)cc(N)c2cccnc12. The molecule has 3 N–H and O–H groups in total. The zero-order valence-electron chi connectivity index (χ0n) is 11.5. The molecular formula is C14H17FN4O. The van der Waals surface area contributed by atoms with E-state index in [9.17, 15) is 9.18 Å². The van der Waals surface area contributed by atoms with Gasteiger partial charge in [0, 0.05) is 44.3 Å². The van der Waals surface area contributed by atoms with Gasteiger partial charge in [-0.15, -0.1) is 0 Å². The van der Waals surface area contributed by atoms with Crippen LogP contribution in [0.2, 0.25) is 0 Å². The molecule has 0 bridgehead atoms. The molecule has 0 spiro atoms. The van der Waals surface area contributed by atoms with Gasteiger partial charge in [0.1, 0.15) is 0 Å². The lowest BCUT2D eigenvalue weighted by atomic mass is 10.1. The number of rotatable bonds is 4. The molecule has 0 aliphatic heterocycles. The summed E-state index contributed by atoms with van der Waals surface area (Å²) in [5.74, 6) is -0.530. The maximum absolute atomic E-state index is 14.2. The van der Waals surface area contributed by atoms with Crippen LogP contribution in [0.1, 0.15) is 6.42 Å². The topological polar surface area (TPSA) is 71.2 Å². The third kappa shape index (κ3) is 2.64. The summed E-state index contributed by atoms with van der Waals surface area (Å²) in [4.78, 5) is 17.2. The summed E-state index contributed by atoms with van der Waals surface area (Å²) in [6, 6.07) is 4.84. The third-order valence-electron chi connectivity index (χ3n) is 3.19. The predicted molar refractivity (Wildman–Crippen MR) is 78.1 cm³/mol. The van der Waals surface area contributed by atoms with E-state index in [1.807, 2.05) is 0 Å². The first kappa shape index (κ1) is 14.0. The monoisotopic (exact) mass is 276 g/mol. The first-order chi connectivity index (χ1) is 9.54. The van der Waals surface area contributed by atoms with Gasteiger partial charge in [-0.25, -0.2) is 4.39 Å². The Morgan fingerprint density at radius 3 is 3.00 bits per heavy atom. The maximum atomic E-state index is 14.2. The highest BCUT2D eigenvalue weighted by atomic mass is 19.1. The number of nitrogens with two attached hydrogens (primary N) is 1. The number of hydrogen-bond donors (Lipinski definition) is 2. The van der Waals surface area contributed by atoms with Crippen LogP contribution in [0.5, 0.6) is 0 Å². The van der Waals surface area contributed by atoms with E-state index in [0.29, 0.717) is 28.8 Å². The average Bonchev–Trinajstić information content (AvgIpc) is 2.44. The quantitative estimate of drug-likeness (QED) is 0.831. The van der Waals surface area contributed by atoms with E-state index in [0.717, 1.165) is 0 Å². The second-order valence-electron chi connectivity index (χ2n) is 4.54. The van der Waals surface area contributed by atoms with Crippen LogP contribution in [0.25, 0.3) is 10.9 Å². The Morgan fingerprint density at radius 2 is 2.30 bits per heavy atom. The van der Waals surface area contributed by atoms with Crippen molar-refractivity contribution in [3.63, 3.8) is 0 Å². The van der Waals surface area contributed by atoms with Gasteiger partial charge in [0.05, 0.1) is 11.2 Å². The minimum atomic E-state index is -0.437. The van der Waals surface area contributed by atoms with Crippen molar-refractivity contribution in [2.24, 2.45) is 0 Å². The number of aromatic nitrogens is 1. The van der Waals surface area contributed by atoms with Crippen LogP contribution in [0.4, 0.5) is 15.8 Å². The Bertz CT molecular complexity index is 644. The number of carbonyl (C=O) groups excluding carboxylic acids is 1. The van der Waals surface area contributed by atoms with Gasteiger partial charge in [-0.1, -0.05) is 0 Å². The van der Waals surface area contributed by atoms with Gasteiger partial charge in [0.15, 0.2) is 5.82 Å². The van der Waals surface area contributed by atoms with E-state index in [4.69, 9.17) is 5.73 Å². The lowest BCUT2D eigenvalue weighted by Gasteiger charge is -2.21. The molecule has 0 aliphatic carbocycles. The van der Waals surface area contributed by atoms with Crippen molar-refractivity contribution in [3.05, 3.63) is 30.2 Å². The number of fused-ring (bicyclic) bond motifs is 1. The standard InChI is InChI=1S/C14H17FN4O/c1-17-12(20)5-7-19(2)14-10(15)8-11(16)9-4-3-6-18-13(9)14/h3-4,6,8H,5,7,16H2,1-2H3,(H,17,20). The van der Waals surface area contributed by atoms with Crippen LogP contribution in [0.3, 0.4) is 0 Å². The Labute approximate surface area is 116 Å². The summed E-state index contributed by atoms with van der Waals surface area (Å²) in [6.45, 7) is 0.395. The third-order valence-corrected chi connectivity index (χ3v) is 3.19. The predicted octanol–water partition coefficient (Wildman–Crippen LogP) is 1.53. The summed E-state index contributed by atoms with van der Waals surface area (Å²) < 4.78 is 14.2. The Balaban J connectivity index is 2.40. The summed E-state index contributed by atoms with van der Waals surface area (Å²) >= 11 is 0. The molecule has 0 unspecified atom stereocenters. The minimum Gasteiger partial charge on any atom is -0.398 e. The number of benzene rings is 1. The lowest BCUT2D eigenvalue weighted by molar-refractivity contribution is -0.120. The molecule has 1 heterocycles. The van der Waals surface area contributed by atoms with Crippen molar-refractivity contribution in [2.45, 2.75) is 6.42 Å². The van der Waals surface area contributed by atoms with Crippen LogP contribution >= 0.6 is 0 Å². The molecule has 1 aromatic heterocycles. The second-order valence-corrected chi connectivity index (χ2v) is 4.54. The Morgan fingerprint density at radius 1 is 1.55 bits per heavy atom. The number of amides is 1. The molecule has 0 atom stereocenters. The largest absolute Gasteiger partial charge is 0.398 e. The van der Waals surface area contributed by atoms with Gasteiger partial charge in [-0.2, -0.15) is 0 Å². The smallest absolute Gasteiger partial charge is 0.221 e. The molecule has 5 nitrogen and oxygen atoms in total. The van der Waals surface area contributed by atoms with Crippen LogP contribution in [0, 0.1) is 5.82 Å². The molecule has 0 aliphatic rings. The maximum Gasteiger partial charge on any atom is 0.221 e. The first-order valence-electron chi connectivity index (χ1n) is 6.29. The summed E-state index contributed by atoms with van der Waals surface area (Å²) in [7, 11) is 3.30. The van der Waals surface area contributed by atoms with E-state index in [-0.39, 0.29) is 12.3 Å². The zero-order chi connectivity index (χ0) is 14.7. The molecular weight excluding hydrogens is 259 g/mol. The zero-order valence-corrected chi connectivity index (χ0v) is 11.5. The fraction of sp³-hybridized carbons (Fsp3) is 0.286. The molecule has 2 aromatic rings. The molecule has 1 amide bonds. The van der Waals surface area contributed by atoms with Crippen molar-refractivity contribution >= 4 is 28.2 Å². The van der Waals surface area contributed by atoms with E-state index >= 15 is 0 Å². The normalized spacial score (nSPS) is 10.6. The van der Waals surface area contributed by atoms with Crippen molar-refractivity contribution in [3.8, 4) is 0 Å². The van der Waals surface area contributed by atoms with E-state index < -0.39 is 5.82 Å². The van der Waals surface area contributed by atoms with Crippen molar-refractivity contribution in [1.82, 2.24) is 10.3 Å². The Hall–Kier alpha value is -2.37. The first-order valence-corrected chi connectivity index (χ1v) is 6.29. The number of hydrogen-bond acceptors (Lipinski definition) is 4. The molecule has 0 saturated carbocycles. The second kappa shape index (κ2) is 5.73. The molecule has 6 heteroatoms. The number of pyridine rings is 1. The van der Waals surface area contributed by atoms with Crippen LogP contribution in [0.15, 0.2) is 24.4 Å². The highest BCUT2D eigenvalue weighted by Crippen LogP contribution is 2.31. The molecule has 20 heavy (non-hydrogen) atoms. The fourth-order valence-corrected chi connectivity index (χ4v) is 2.09. The van der Waals surface area contributed by atoms with Crippen molar-refractivity contribution in [2.75, 3.05) is 31.3 Å². The molecule has 2 rings (SSSR count). The van der Waals surface area contributed by atoms with E-state index in [1.165, 1.54) is 6.07 Å². The number of carbonyl (C=O) groups is 1. The lowest BCUT2D eigenvalue weighted by Crippen LogP contribution is -2.27. The Kier molecular flexibility index (Phi) is 4.02. The van der Waals surface area contributed by atoms with Gasteiger partial charge in [-0.3, -0.25) is 9.78 Å². The van der Waals surface area contributed by atoms with Crippen molar-refractivity contribution < 1.29 is 9.18 Å². The summed E-state index contributed by atoms with van der Waals surface area (Å²) in [5.41, 5.74) is 7.03. The molecule has 0 radical (unpaired) electrons. The van der Waals surface area contributed by atoms with Gasteiger partial charge in [0.2, 0.25) is 5.91 Å². The molecule has 0 fully saturated rings. The number of anilines is 2. The van der Waals surface area contributed by atoms with Gasteiger partial charge in [0.25, 0.3) is 0 Å². The van der Waals surface area contributed by atoms with E-state index in [2.05, 4.69) is 10.3 Å². The number of nitrogen functional groups attached to an aromatic ring is 1. The number of halogens is 1. The molecule has 0 saturated heterocycles. The van der Waals surface area contributed by atoms with Crippen molar-refractivity contribution in [1.29, 1.82) is 0 Å². The highest BCUT2D eigenvalue weighted by Gasteiger charge is 2.16. The van der Waals surface area contributed by atoms with Gasteiger partial charge >= 0.3 is 0 Å². The number of nitrogens with one attached hydrogen (secondary N) is 1. The molecule has 106 valence electrons. The highest BCUT2D eigenvalue weighted by molar-refractivity contribution is 5.98. The average molecular weight is 276 g/mol. The fourth-order valence-electron chi connectivity index (χ4n) is 2.09. The number of nitrogens with zero attached hydrogens (tertiary/aromatic N) is 2. The van der Waals surface area contributed by atoms with E-state index in [1.54, 1.807) is 37.3 Å². The minimum absolute atomic E-state index is 0.0926.